The molecule has 2 aliphatic carbocycles. The average Bonchev–Trinajstić information content (AvgIpc) is 3.40. The second-order valence-electron chi connectivity index (χ2n) is 10.6. The lowest BCUT2D eigenvalue weighted by Crippen LogP contribution is -2.50. The molecule has 0 amide bonds. The number of hydrogen-bond donors (Lipinski definition) is 2. The van der Waals surface area contributed by atoms with Crippen molar-refractivity contribution in [3.05, 3.63) is 95.0 Å². The van der Waals surface area contributed by atoms with Gasteiger partial charge in [0.25, 0.3) is 0 Å². The predicted molar refractivity (Wildman–Crippen MR) is 147 cm³/mol. The van der Waals surface area contributed by atoms with Crippen molar-refractivity contribution in [2.45, 2.75) is 49.7 Å². The average molecular weight is 583 g/mol. The van der Waals surface area contributed by atoms with Gasteiger partial charge < -0.3 is 10.6 Å². The molecule has 1 aliphatic heterocycles. The first-order valence-electron chi connectivity index (χ1n) is 13.4. The normalized spacial score (nSPS) is 24.0. The van der Waals surface area contributed by atoms with Crippen LogP contribution in [0.15, 0.2) is 82.9 Å². The Morgan fingerprint density at radius 1 is 1.22 bits per heavy atom. The van der Waals surface area contributed by atoms with Gasteiger partial charge in [-0.3, -0.25) is 14.5 Å². The van der Waals surface area contributed by atoms with Crippen molar-refractivity contribution in [1.82, 2.24) is 24.4 Å². The van der Waals surface area contributed by atoms with Crippen molar-refractivity contribution in [3.63, 3.8) is 0 Å². The van der Waals surface area contributed by atoms with E-state index in [-0.39, 0.29) is 41.6 Å². The molecule has 12 heteroatoms. The maximum atomic E-state index is 15.6. The van der Waals surface area contributed by atoms with Crippen molar-refractivity contribution in [1.29, 1.82) is 0 Å². The summed E-state index contributed by atoms with van der Waals surface area (Å²) in [4.78, 5) is 18.5. The van der Waals surface area contributed by atoms with Crippen molar-refractivity contribution >= 4 is 22.5 Å². The summed E-state index contributed by atoms with van der Waals surface area (Å²) >= 11 is 0. The molecule has 1 saturated carbocycles. The first kappa shape index (κ1) is 27.4. The second-order valence-corrected chi connectivity index (χ2v) is 12.0. The SMILES string of the molecule is CCN(C1CCC2=CC(Nc3ccc(F)cc3)=C3CC2(C1)C(=O)c1cc(ccn1)C(F)(F)N3)S(=O)c1ccn(C)n1. The Bertz CT molecular complexity index is 1600. The number of ketones is 1. The van der Waals surface area contributed by atoms with Gasteiger partial charge in [0.15, 0.2) is 10.8 Å². The summed E-state index contributed by atoms with van der Waals surface area (Å²) in [7, 11) is 0.181. The molecule has 1 fully saturated rings. The molecule has 3 heterocycles. The van der Waals surface area contributed by atoms with Gasteiger partial charge in [0.05, 0.1) is 11.1 Å². The van der Waals surface area contributed by atoms with E-state index in [4.69, 9.17) is 0 Å². The number of pyridine rings is 1. The fourth-order valence-electron chi connectivity index (χ4n) is 6.10. The molecular formula is C29H29F3N6O2S. The molecule has 6 rings (SSSR count). The van der Waals surface area contributed by atoms with Gasteiger partial charge in [-0.2, -0.15) is 13.9 Å². The van der Waals surface area contributed by atoms with E-state index in [0.717, 1.165) is 11.6 Å². The van der Waals surface area contributed by atoms with Gasteiger partial charge in [0.1, 0.15) is 22.5 Å². The molecule has 2 aromatic heterocycles. The summed E-state index contributed by atoms with van der Waals surface area (Å²) in [5.74, 6) is -0.756. The van der Waals surface area contributed by atoms with Crippen LogP contribution in [0.5, 0.6) is 0 Å². The number of fused-ring (bicyclic) bond motifs is 3. The van der Waals surface area contributed by atoms with Crippen LogP contribution in [0.1, 0.15) is 48.7 Å². The van der Waals surface area contributed by atoms with Crippen LogP contribution in [0.3, 0.4) is 0 Å². The summed E-state index contributed by atoms with van der Waals surface area (Å²) in [6.07, 6.45) is 6.07. The van der Waals surface area contributed by atoms with Gasteiger partial charge in [-0.1, -0.05) is 12.5 Å². The number of aryl methyl sites for hydroxylation is 1. The van der Waals surface area contributed by atoms with E-state index in [9.17, 15) is 13.4 Å². The zero-order chi connectivity index (χ0) is 28.9. The number of Topliss-reactive ketones (excluding diaryl/α,β-unsaturated/α-hetero) is 1. The van der Waals surface area contributed by atoms with Crippen molar-refractivity contribution in [3.8, 4) is 0 Å². The van der Waals surface area contributed by atoms with E-state index in [2.05, 4.69) is 20.7 Å². The molecule has 3 aliphatic rings. The number of benzene rings is 1. The molecule has 8 nitrogen and oxygen atoms in total. The maximum Gasteiger partial charge on any atom is 0.350 e. The zero-order valence-corrected chi connectivity index (χ0v) is 23.4. The third-order valence-electron chi connectivity index (χ3n) is 8.09. The molecule has 3 unspecified atom stereocenters. The summed E-state index contributed by atoms with van der Waals surface area (Å²) in [5, 5.41) is 10.3. The Morgan fingerprint density at radius 3 is 2.71 bits per heavy atom. The van der Waals surface area contributed by atoms with Crippen molar-refractivity contribution < 1.29 is 22.2 Å². The lowest BCUT2D eigenvalue weighted by molar-refractivity contribution is -0.0333. The number of hydrogen-bond acceptors (Lipinski definition) is 6. The van der Waals surface area contributed by atoms with Crippen molar-refractivity contribution in [2.24, 2.45) is 12.5 Å². The molecule has 2 N–H and O–H groups in total. The van der Waals surface area contributed by atoms with Gasteiger partial charge in [-0.05, 0) is 67.8 Å². The number of nitrogens with zero attached hydrogens (tertiary/aromatic N) is 4. The monoisotopic (exact) mass is 582 g/mol. The first-order chi connectivity index (χ1) is 19.6. The van der Waals surface area contributed by atoms with Crippen LogP contribution in [-0.4, -0.2) is 41.6 Å². The first-order valence-corrected chi connectivity index (χ1v) is 14.5. The number of anilines is 1. The van der Waals surface area contributed by atoms with Crippen LogP contribution in [0.2, 0.25) is 0 Å². The molecule has 1 aromatic carbocycles. The van der Waals surface area contributed by atoms with E-state index in [1.54, 1.807) is 30.1 Å². The zero-order valence-electron chi connectivity index (χ0n) is 22.5. The van der Waals surface area contributed by atoms with Gasteiger partial charge in [0, 0.05) is 55.4 Å². The summed E-state index contributed by atoms with van der Waals surface area (Å²) in [5.41, 5.74) is 0.301. The number of rotatable bonds is 6. The van der Waals surface area contributed by atoms with Crippen LogP contribution in [0, 0.1) is 11.2 Å². The quantitative estimate of drug-likeness (QED) is 0.397. The number of carbonyl (C=O) groups excluding carboxylic acids is 1. The third kappa shape index (κ3) is 4.88. The minimum Gasteiger partial charge on any atom is -0.354 e. The standard InChI is InChI=1S/C29H29F3N6O2S/c1-3-38(41(40)26-11-13-37(2)36-26)22-9-4-18-14-23(34-21-7-5-20(30)6-8-21)25-17-28(18,16-22)27(39)24-15-19(10-12-33-24)29(31,32)35-25/h5-8,10-15,22,34-35H,3-4,9,16-17H2,1-2H3. The summed E-state index contributed by atoms with van der Waals surface area (Å²) in [6, 6.07) is 5.91. The number of aromatic nitrogens is 3. The minimum absolute atomic E-state index is 0.0266. The molecule has 3 atom stereocenters. The van der Waals surface area contributed by atoms with Crippen LogP contribution >= 0.6 is 0 Å². The summed E-state index contributed by atoms with van der Waals surface area (Å²) < 4.78 is 61.7. The van der Waals surface area contributed by atoms with E-state index >= 15 is 8.78 Å². The Labute approximate surface area is 237 Å². The molecule has 0 radical (unpaired) electrons. The fourth-order valence-corrected chi connectivity index (χ4v) is 7.40. The largest absolute Gasteiger partial charge is 0.354 e. The molecule has 41 heavy (non-hydrogen) atoms. The Morgan fingerprint density at radius 2 is 2.00 bits per heavy atom. The van der Waals surface area contributed by atoms with Crippen LogP contribution in [0.4, 0.5) is 18.9 Å². The van der Waals surface area contributed by atoms with Crippen molar-refractivity contribution in [2.75, 3.05) is 11.9 Å². The number of carbonyl (C=O) groups is 1. The number of nitrogens with one attached hydrogen (secondary N) is 2. The van der Waals surface area contributed by atoms with Crippen LogP contribution in [-0.2, 0) is 24.1 Å². The lowest BCUT2D eigenvalue weighted by atomic mass is 9.61. The second kappa shape index (κ2) is 10.3. The highest BCUT2D eigenvalue weighted by molar-refractivity contribution is 7.82. The smallest absolute Gasteiger partial charge is 0.350 e. The van der Waals surface area contributed by atoms with E-state index in [0.29, 0.717) is 35.8 Å². The topological polar surface area (TPSA) is 92.2 Å². The number of alkyl halides is 2. The van der Waals surface area contributed by atoms with Crippen LogP contribution < -0.4 is 10.6 Å². The Hall–Kier alpha value is -3.77. The molecule has 1 spiro atoms. The van der Waals surface area contributed by atoms with Gasteiger partial charge in [0.2, 0.25) is 0 Å². The van der Waals surface area contributed by atoms with E-state index < -0.39 is 28.3 Å². The lowest BCUT2D eigenvalue weighted by Gasteiger charge is -2.47. The highest BCUT2D eigenvalue weighted by atomic mass is 32.2. The molecule has 3 aromatic rings. The fraction of sp³-hybridized carbons (Fsp3) is 0.345. The summed E-state index contributed by atoms with van der Waals surface area (Å²) in [6.45, 7) is 2.35. The van der Waals surface area contributed by atoms with Gasteiger partial charge in [-0.15, -0.1) is 0 Å². The minimum atomic E-state index is -3.48. The molecular weight excluding hydrogens is 553 g/mol. The maximum absolute atomic E-state index is 15.6. The Balaban J connectivity index is 1.44. The molecule has 0 saturated heterocycles. The third-order valence-corrected chi connectivity index (χ3v) is 9.65. The molecule has 4 bridgehead atoms. The number of halogens is 3. The Kier molecular flexibility index (Phi) is 6.85. The highest BCUT2D eigenvalue weighted by Gasteiger charge is 2.53. The predicted octanol–water partition coefficient (Wildman–Crippen LogP) is 5.03. The molecule has 214 valence electrons. The van der Waals surface area contributed by atoms with Crippen LogP contribution in [0.25, 0.3) is 0 Å². The van der Waals surface area contributed by atoms with E-state index in [1.807, 2.05) is 11.2 Å². The van der Waals surface area contributed by atoms with E-state index in [1.165, 1.54) is 36.5 Å². The highest BCUT2D eigenvalue weighted by Crippen LogP contribution is 2.53. The van der Waals surface area contributed by atoms with Gasteiger partial charge in [-0.25, -0.2) is 12.9 Å². The van der Waals surface area contributed by atoms with Gasteiger partial charge >= 0.3 is 6.05 Å². The number of allylic oxidation sites excluding steroid dienone is 3.